The molecule has 6 heteroatoms. The van der Waals surface area contributed by atoms with Crippen molar-refractivity contribution < 1.29 is 14.3 Å². The van der Waals surface area contributed by atoms with Gasteiger partial charge in [0.25, 0.3) is 0 Å². The zero-order chi connectivity index (χ0) is 15.9. The third-order valence-electron chi connectivity index (χ3n) is 2.58. The fraction of sp³-hybridized carbons (Fsp3) is 0.125. The highest BCUT2D eigenvalue weighted by Gasteiger charge is 2.05. The van der Waals surface area contributed by atoms with Gasteiger partial charge in [-0.05, 0) is 48.5 Å². The molecule has 0 bridgehead atoms. The number of nitrogens with one attached hydrogen (secondary N) is 1. The number of hydrogen-bond donors (Lipinski definition) is 1. The molecule has 114 valence electrons. The van der Waals surface area contributed by atoms with E-state index in [1.54, 1.807) is 36.4 Å². The van der Waals surface area contributed by atoms with Crippen molar-refractivity contribution in [2.45, 2.75) is 11.8 Å². The maximum atomic E-state index is 11.9. The molecule has 0 saturated carbocycles. The SMILES string of the molecule is CC(=O)Oc1ccc(NC(=O)CSc2ccc(Cl)cc2)cc1. The van der Waals surface area contributed by atoms with Crippen LogP contribution in [0.15, 0.2) is 53.4 Å². The Morgan fingerprint density at radius 2 is 1.73 bits per heavy atom. The smallest absolute Gasteiger partial charge is 0.308 e. The molecule has 0 aliphatic heterocycles. The lowest BCUT2D eigenvalue weighted by atomic mass is 10.3. The Hall–Kier alpha value is -1.98. The number of hydrogen-bond acceptors (Lipinski definition) is 4. The van der Waals surface area contributed by atoms with Crippen LogP contribution in [-0.4, -0.2) is 17.6 Å². The molecule has 0 aliphatic carbocycles. The summed E-state index contributed by atoms with van der Waals surface area (Å²) in [5.74, 6) is 0.255. The third-order valence-corrected chi connectivity index (χ3v) is 3.85. The van der Waals surface area contributed by atoms with E-state index in [0.717, 1.165) is 4.90 Å². The Balaban J connectivity index is 1.83. The lowest BCUT2D eigenvalue weighted by Crippen LogP contribution is -2.13. The van der Waals surface area contributed by atoms with Crippen molar-refractivity contribution in [1.29, 1.82) is 0 Å². The summed E-state index contributed by atoms with van der Waals surface area (Å²) in [6.07, 6.45) is 0. The first-order valence-electron chi connectivity index (χ1n) is 6.49. The molecule has 0 atom stereocenters. The summed E-state index contributed by atoms with van der Waals surface area (Å²) >= 11 is 7.23. The van der Waals surface area contributed by atoms with E-state index in [9.17, 15) is 9.59 Å². The molecule has 1 amide bonds. The van der Waals surface area contributed by atoms with Gasteiger partial charge in [0.1, 0.15) is 5.75 Å². The molecule has 0 saturated heterocycles. The largest absolute Gasteiger partial charge is 0.427 e. The van der Waals surface area contributed by atoms with Crippen molar-refractivity contribution >= 4 is 40.9 Å². The summed E-state index contributed by atoms with van der Waals surface area (Å²) in [4.78, 5) is 23.7. The number of anilines is 1. The Labute approximate surface area is 137 Å². The number of carbonyl (C=O) groups excluding carboxylic acids is 2. The van der Waals surface area contributed by atoms with Crippen LogP contribution in [0.3, 0.4) is 0 Å². The molecular weight excluding hydrogens is 322 g/mol. The van der Waals surface area contributed by atoms with Crippen molar-refractivity contribution in [3.63, 3.8) is 0 Å². The normalized spacial score (nSPS) is 10.1. The zero-order valence-electron chi connectivity index (χ0n) is 11.8. The van der Waals surface area contributed by atoms with E-state index in [-0.39, 0.29) is 11.9 Å². The van der Waals surface area contributed by atoms with Crippen molar-refractivity contribution in [2.24, 2.45) is 0 Å². The van der Waals surface area contributed by atoms with Gasteiger partial charge in [0.15, 0.2) is 0 Å². The van der Waals surface area contributed by atoms with Gasteiger partial charge in [-0.15, -0.1) is 11.8 Å². The number of carbonyl (C=O) groups is 2. The highest BCUT2D eigenvalue weighted by molar-refractivity contribution is 8.00. The van der Waals surface area contributed by atoms with E-state index >= 15 is 0 Å². The van der Waals surface area contributed by atoms with Crippen molar-refractivity contribution in [3.8, 4) is 5.75 Å². The molecule has 0 aliphatic rings. The van der Waals surface area contributed by atoms with Crippen LogP contribution in [0.2, 0.25) is 5.02 Å². The summed E-state index contributed by atoms with van der Waals surface area (Å²) in [7, 11) is 0. The average molecular weight is 336 g/mol. The van der Waals surface area contributed by atoms with Crippen LogP contribution < -0.4 is 10.1 Å². The van der Waals surface area contributed by atoms with E-state index < -0.39 is 0 Å². The maximum absolute atomic E-state index is 11.9. The van der Waals surface area contributed by atoms with Gasteiger partial charge in [0.05, 0.1) is 5.75 Å². The predicted molar refractivity (Wildman–Crippen MR) is 88.6 cm³/mol. The Bertz CT molecular complexity index is 656. The average Bonchev–Trinajstić information content (AvgIpc) is 2.48. The standard InChI is InChI=1S/C16H14ClNO3S/c1-11(19)21-14-6-4-13(5-7-14)18-16(20)10-22-15-8-2-12(17)3-9-15/h2-9H,10H2,1H3,(H,18,20). The number of ether oxygens (including phenoxy) is 1. The number of benzene rings is 2. The zero-order valence-corrected chi connectivity index (χ0v) is 13.4. The first-order chi connectivity index (χ1) is 10.5. The minimum atomic E-state index is -0.379. The molecule has 0 aromatic heterocycles. The van der Waals surface area contributed by atoms with E-state index in [2.05, 4.69) is 5.32 Å². The van der Waals surface area contributed by atoms with E-state index in [4.69, 9.17) is 16.3 Å². The van der Waals surface area contributed by atoms with Gasteiger partial charge in [0, 0.05) is 22.5 Å². The van der Waals surface area contributed by atoms with Crippen LogP contribution in [0.25, 0.3) is 0 Å². The summed E-state index contributed by atoms with van der Waals surface area (Å²) in [5.41, 5.74) is 0.651. The van der Waals surface area contributed by atoms with Gasteiger partial charge in [-0.3, -0.25) is 9.59 Å². The van der Waals surface area contributed by atoms with Gasteiger partial charge < -0.3 is 10.1 Å². The van der Waals surface area contributed by atoms with Gasteiger partial charge in [-0.2, -0.15) is 0 Å². The number of esters is 1. The molecule has 0 fully saturated rings. The summed E-state index contributed by atoms with van der Waals surface area (Å²) in [5, 5.41) is 3.45. The van der Waals surface area contributed by atoms with Gasteiger partial charge in [-0.1, -0.05) is 11.6 Å². The second-order valence-corrected chi connectivity index (χ2v) is 5.89. The lowest BCUT2D eigenvalue weighted by Gasteiger charge is -2.06. The van der Waals surface area contributed by atoms with Crippen LogP contribution in [0.1, 0.15) is 6.92 Å². The minimum Gasteiger partial charge on any atom is -0.427 e. The predicted octanol–water partition coefficient (Wildman–Crippen LogP) is 4.00. The number of rotatable bonds is 5. The topological polar surface area (TPSA) is 55.4 Å². The van der Waals surface area contributed by atoms with Gasteiger partial charge in [0.2, 0.25) is 5.91 Å². The summed E-state index contributed by atoms with van der Waals surface area (Å²) in [6, 6.07) is 13.9. The molecule has 4 nitrogen and oxygen atoms in total. The second-order valence-electron chi connectivity index (χ2n) is 4.41. The number of halogens is 1. The van der Waals surface area contributed by atoms with Crippen LogP contribution in [-0.2, 0) is 9.59 Å². The third kappa shape index (κ3) is 5.42. The highest BCUT2D eigenvalue weighted by atomic mass is 35.5. The molecule has 1 N–H and O–H groups in total. The summed E-state index contributed by atoms with van der Waals surface area (Å²) < 4.78 is 4.92. The van der Waals surface area contributed by atoms with Crippen molar-refractivity contribution in [3.05, 3.63) is 53.6 Å². The maximum Gasteiger partial charge on any atom is 0.308 e. The van der Waals surface area contributed by atoms with E-state index in [1.807, 2.05) is 12.1 Å². The first-order valence-corrected chi connectivity index (χ1v) is 7.86. The van der Waals surface area contributed by atoms with E-state index in [0.29, 0.717) is 22.2 Å². The van der Waals surface area contributed by atoms with Crippen LogP contribution in [0.5, 0.6) is 5.75 Å². The molecule has 0 radical (unpaired) electrons. The van der Waals surface area contributed by atoms with Crippen LogP contribution >= 0.6 is 23.4 Å². The van der Waals surface area contributed by atoms with Crippen LogP contribution in [0, 0.1) is 0 Å². The Kier molecular flexibility index (Phi) is 5.86. The fourth-order valence-electron chi connectivity index (χ4n) is 1.65. The van der Waals surface area contributed by atoms with Gasteiger partial charge >= 0.3 is 5.97 Å². The Morgan fingerprint density at radius 1 is 1.09 bits per heavy atom. The quantitative estimate of drug-likeness (QED) is 0.510. The monoisotopic (exact) mass is 335 g/mol. The van der Waals surface area contributed by atoms with Crippen molar-refractivity contribution in [2.75, 3.05) is 11.1 Å². The van der Waals surface area contributed by atoms with Crippen molar-refractivity contribution in [1.82, 2.24) is 0 Å². The highest BCUT2D eigenvalue weighted by Crippen LogP contribution is 2.21. The van der Waals surface area contributed by atoms with E-state index in [1.165, 1.54) is 18.7 Å². The molecule has 2 aromatic rings. The molecular formula is C16H14ClNO3S. The first kappa shape index (κ1) is 16.4. The second kappa shape index (κ2) is 7.87. The lowest BCUT2D eigenvalue weighted by molar-refractivity contribution is -0.131. The Morgan fingerprint density at radius 3 is 2.32 bits per heavy atom. The molecule has 2 rings (SSSR count). The molecule has 0 unspecified atom stereocenters. The number of thioether (sulfide) groups is 1. The molecule has 0 heterocycles. The minimum absolute atomic E-state index is 0.111. The summed E-state index contributed by atoms with van der Waals surface area (Å²) in [6.45, 7) is 1.34. The van der Waals surface area contributed by atoms with Crippen LogP contribution in [0.4, 0.5) is 5.69 Å². The molecule has 22 heavy (non-hydrogen) atoms. The number of amides is 1. The fourth-order valence-corrected chi connectivity index (χ4v) is 2.47. The molecule has 0 spiro atoms. The van der Waals surface area contributed by atoms with Gasteiger partial charge in [-0.25, -0.2) is 0 Å². The molecule has 2 aromatic carbocycles.